The van der Waals surface area contributed by atoms with Gasteiger partial charge < -0.3 is 15.9 Å². The SMILES string of the molecule is CCCC(N)C(O)CCc1cc(C)ccc1O. The van der Waals surface area contributed by atoms with Crippen molar-refractivity contribution in [1.82, 2.24) is 0 Å². The van der Waals surface area contributed by atoms with Crippen LogP contribution < -0.4 is 5.73 Å². The highest BCUT2D eigenvalue weighted by Crippen LogP contribution is 2.20. The van der Waals surface area contributed by atoms with Crippen LogP contribution in [0.3, 0.4) is 0 Å². The summed E-state index contributed by atoms with van der Waals surface area (Å²) in [5.74, 6) is 0.298. The molecular formula is C14H23NO2. The van der Waals surface area contributed by atoms with E-state index in [1.165, 1.54) is 0 Å². The molecule has 1 rings (SSSR count). The van der Waals surface area contributed by atoms with Crippen molar-refractivity contribution in [2.75, 3.05) is 0 Å². The number of phenolic OH excluding ortho intramolecular Hbond substituents is 1. The smallest absolute Gasteiger partial charge is 0.118 e. The summed E-state index contributed by atoms with van der Waals surface area (Å²) in [6.07, 6.45) is 2.58. The Hall–Kier alpha value is -1.06. The molecule has 0 aromatic heterocycles. The van der Waals surface area contributed by atoms with Gasteiger partial charge in [0.15, 0.2) is 0 Å². The van der Waals surface area contributed by atoms with E-state index in [9.17, 15) is 10.2 Å². The summed E-state index contributed by atoms with van der Waals surface area (Å²) in [6, 6.07) is 5.36. The molecule has 4 N–H and O–H groups in total. The van der Waals surface area contributed by atoms with E-state index < -0.39 is 6.10 Å². The second-order valence-corrected chi connectivity index (χ2v) is 4.69. The van der Waals surface area contributed by atoms with Crippen LogP contribution in [-0.2, 0) is 6.42 Å². The molecule has 3 nitrogen and oxygen atoms in total. The number of phenols is 1. The predicted molar refractivity (Wildman–Crippen MR) is 70.1 cm³/mol. The largest absolute Gasteiger partial charge is 0.508 e. The molecule has 0 aliphatic heterocycles. The van der Waals surface area contributed by atoms with Gasteiger partial charge in [0.1, 0.15) is 5.75 Å². The van der Waals surface area contributed by atoms with Crippen LogP contribution in [0.5, 0.6) is 5.75 Å². The average molecular weight is 237 g/mol. The normalized spacial score (nSPS) is 14.6. The molecule has 1 aromatic carbocycles. The standard InChI is InChI=1S/C14H23NO2/c1-3-4-12(15)14(17)8-6-11-9-10(2)5-7-13(11)16/h5,7,9,12,14,16-17H,3-4,6,8,15H2,1-2H3. The van der Waals surface area contributed by atoms with Gasteiger partial charge >= 0.3 is 0 Å². The first-order valence-electron chi connectivity index (χ1n) is 6.26. The summed E-state index contributed by atoms with van der Waals surface area (Å²) in [5.41, 5.74) is 7.85. The number of benzene rings is 1. The first-order chi connectivity index (χ1) is 8.04. The highest BCUT2D eigenvalue weighted by atomic mass is 16.3. The molecule has 0 aliphatic rings. The van der Waals surface area contributed by atoms with E-state index in [4.69, 9.17) is 5.73 Å². The molecule has 0 saturated carbocycles. The van der Waals surface area contributed by atoms with Crippen molar-refractivity contribution < 1.29 is 10.2 Å². The van der Waals surface area contributed by atoms with Crippen molar-refractivity contribution in [1.29, 1.82) is 0 Å². The van der Waals surface area contributed by atoms with Gasteiger partial charge in [-0.1, -0.05) is 31.0 Å². The molecule has 3 heteroatoms. The lowest BCUT2D eigenvalue weighted by Crippen LogP contribution is -2.34. The number of nitrogens with two attached hydrogens (primary N) is 1. The maximum absolute atomic E-state index is 9.86. The second kappa shape index (κ2) is 6.62. The molecular weight excluding hydrogens is 214 g/mol. The Balaban J connectivity index is 2.52. The van der Waals surface area contributed by atoms with E-state index in [1.807, 2.05) is 19.1 Å². The zero-order valence-electron chi connectivity index (χ0n) is 10.7. The number of aliphatic hydroxyl groups is 1. The van der Waals surface area contributed by atoms with Gasteiger partial charge in [-0.05, 0) is 37.8 Å². The summed E-state index contributed by atoms with van der Waals surface area (Å²) in [6.45, 7) is 4.04. The molecule has 17 heavy (non-hydrogen) atoms. The minimum Gasteiger partial charge on any atom is -0.508 e. The molecule has 0 heterocycles. The maximum atomic E-state index is 9.86. The fraction of sp³-hybridized carbons (Fsp3) is 0.571. The summed E-state index contributed by atoms with van der Waals surface area (Å²) in [5, 5.41) is 19.5. The van der Waals surface area contributed by atoms with Crippen LogP contribution in [0.15, 0.2) is 18.2 Å². The highest BCUT2D eigenvalue weighted by Gasteiger charge is 2.14. The lowest BCUT2D eigenvalue weighted by molar-refractivity contribution is 0.131. The summed E-state index contributed by atoms with van der Waals surface area (Å²) in [4.78, 5) is 0. The van der Waals surface area contributed by atoms with E-state index >= 15 is 0 Å². The Morgan fingerprint density at radius 2 is 2.00 bits per heavy atom. The maximum Gasteiger partial charge on any atom is 0.118 e. The van der Waals surface area contributed by atoms with Gasteiger partial charge in [0.25, 0.3) is 0 Å². The first kappa shape index (κ1) is 14.0. The van der Waals surface area contributed by atoms with Gasteiger partial charge in [0, 0.05) is 6.04 Å². The van der Waals surface area contributed by atoms with Gasteiger partial charge in [-0.2, -0.15) is 0 Å². The predicted octanol–water partition coefficient (Wildman–Crippen LogP) is 2.12. The van der Waals surface area contributed by atoms with E-state index in [1.54, 1.807) is 6.07 Å². The lowest BCUT2D eigenvalue weighted by atomic mass is 9.98. The number of aryl methyl sites for hydroxylation is 2. The first-order valence-corrected chi connectivity index (χ1v) is 6.26. The van der Waals surface area contributed by atoms with Crippen LogP contribution in [0.25, 0.3) is 0 Å². The zero-order valence-corrected chi connectivity index (χ0v) is 10.7. The van der Waals surface area contributed by atoms with E-state index in [0.717, 1.165) is 24.0 Å². The Morgan fingerprint density at radius 3 is 2.65 bits per heavy atom. The molecule has 1 aromatic rings. The van der Waals surface area contributed by atoms with Crippen LogP contribution in [0.1, 0.15) is 37.3 Å². The Morgan fingerprint density at radius 1 is 1.29 bits per heavy atom. The molecule has 0 spiro atoms. The van der Waals surface area contributed by atoms with Gasteiger partial charge in [0.05, 0.1) is 6.10 Å². The number of aromatic hydroxyl groups is 1. The number of hydrogen-bond donors (Lipinski definition) is 3. The molecule has 0 amide bonds. The molecule has 0 radical (unpaired) electrons. The van der Waals surface area contributed by atoms with Crippen LogP contribution in [0.2, 0.25) is 0 Å². The summed E-state index contributed by atoms with van der Waals surface area (Å²) in [7, 11) is 0. The van der Waals surface area contributed by atoms with Gasteiger partial charge in [-0.25, -0.2) is 0 Å². The van der Waals surface area contributed by atoms with Gasteiger partial charge in [-0.3, -0.25) is 0 Å². The van der Waals surface area contributed by atoms with Crippen LogP contribution in [0.4, 0.5) is 0 Å². The fourth-order valence-electron chi connectivity index (χ4n) is 1.96. The molecule has 0 saturated heterocycles. The highest BCUT2D eigenvalue weighted by molar-refractivity contribution is 5.35. The Labute approximate surface area is 103 Å². The van der Waals surface area contributed by atoms with Gasteiger partial charge in [-0.15, -0.1) is 0 Å². The minimum atomic E-state index is -0.491. The molecule has 0 aliphatic carbocycles. The summed E-state index contributed by atoms with van der Waals surface area (Å²) >= 11 is 0. The number of aliphatic hydroxyl groups excluding tert-OH is 1. The quantitative estimate of drug-likeness (QED) is 0.710. The van der Waals surface area contributed by atoms with E-state index in [-0.39, 0.29) is 6.04 Å². The van der Waals surface area contributed by atoms with Crippen molar-refractivity contribution in [3.63, 3.8) is 0 Å². The molecule has 2 unspecified atom stereocenters. The van der Waals surface area contributed by atoms with Crippen molar-refractivity contribution in [2.24, 2.45) is 5.73 Å². The fourth-order valence-corrected chi connectivity index (χ4v) is 1.96. The summed E-state index contributed by atoms with van der Waals surface area (Å²) < 4.78 is 0. The third kappa shape index (κ3) is 4.36. The monoisotopic (exact) mass is 237 g/mol. The lowest BCUT2D eigenvalue weighted by Gasteiger charge is -2.18. The Bertz CT molecular complexity index is 352. The van der Waals surface area contributed by atoms with Crippen molar-refractivity contribution in [3.05, 3.63) is 29.3 Å². The van der Waals surface area contributed by atoms with Crippen molar-refractivity contribution in [2.45, 2.75) is 51.7 Å². The molecule has 96 valence electrons. The van der Waals surface area contributed by atoms with Crippen LogP contribution in [-0.4, -0.2) is 22.4 Å². The van der Waals surface area contributed by atoms with Gasteiger partial charge in [0.2, 0.25) is 0 Å². The minimum absolute atomic E-state index is 0.160. The topological polar surface area (TPSA) is 66.5 Å². The van der Waals surface area contributed by atoms with Crippen molar-refractivity contribution in [3.8, 4) is 5.75 Å². The van der Waals surface area contributed by atoms with Crippen LogP contribution in [0, 0.1) is 6.92 Å². The number of hydrogen-bond acceptors (Lipinski definition) is 3. The van der Waals surface area contributed by atoms with E-state index in [2.05, 4.69) is 6.92 Å². The Kier molecular flexibility index (Phi) is 5.45. The van der Waals surface area contributed by atoms with Crippen LogP contribution >= 0.6 is 0 Å². The number of rotatable bonds is 6. The van der Waals surface area contributed by atoms with E-state index in [0.29, 0.717) is 18.6 Å². The molecule has 0 bridgehead atoms. The molecule has 0 fully saturated rings. The average Bonchev–Trinajstić information content (AvgIpc) is 2.30. The third-order valence-electron chi connectivity index (χ3n) is 3.06. The van der Waals surface area contributed by atoms with Crippen molar-refractivity contribution >= 4 is 0 Å². The third-order valence-corrected chi connectivity index (χ3v) is 3.06. The second-order valence-electron chi connectivity index (χ2n) is 4.69. The molecule has 2 atom stereocenters. The zero-order chi connectivity index (χ0) is 12.8.